The standard InChI is InChI=1S/C13H23N3O3/c1-2-9(8-12(17)18)14-13(19)15-10-5-7-16-6-3-4-11(10)16/h9-11H,2-8H2,1H3,(H,17,18)(H2,14,15,19). The molecule has 19 heavy (non-hydrogen) atoms. The molecule has 2 saturated heterocycles. The van der Waals surface area contributed by atoms with Crippen LogP contribution in [0.2, 0.25) is 0 Å². The summed E-state index contributed by atoms with van der Waals surface area (Å²) in [6.45, 7) is 4.07. The van der Waals surface area contributed by atoms with Crippen molar-refractivity contribution in [3.05, 3.63) is 0 Å². The van der Waals surface area contributed by atoms with E-state index in [2.05, 4.69) is 15.5 Å². The number of fused-ring (bicyclic) bond motifs is 1. The largest absolute Gasteiger partial charge is 0.481 e. The summed E-state index contributed by atoms with van der Waals surface area (Å²) < 4.78 is 0. The third-order valence-corrected chi connectivity index (χ3v) is 4.17. The fourth-order valence-corrected chi connectivity index (χ4v) is 3.15. The second-order valence-corrected chi connectivity index (χ2v) is 5.46. The molecule has 3 atom stereocenters. The lowest BCUT2D eigenvalue weighted by molar-refractivity contribution is -0.137. The van der Waals surface area contributed by atoms with E-state index in [9.17, 15) is 9.59 Å². The summed E-state index contributed by atoms with van der Waals surface area (Å²) in [7, 11) is 0. The highest BCUT2D eigenvalue weighted by atomic mass is 16.4. The number of rotatable bonds is 5. The highest BCUT2D eigenvalue weighted by Gasteiger charge is 2.37. The molecule has 0 aromatic carbocycles. The molecule has 2 aliphatic heterocycles. The van der Waals surface area contributed by atoms with E-state index in [-0.39, 0.29) is 24.5 Å². The van der Waals surface area contributed by atoms with Gasteiger partial charge in [0.2, 0.25) is 0 Å². The maximum Gasteiger partial charge on any atom is 0.315 e. The molecule has 2 rings (SSSR count). The van der Waals surface area contributed by atoms with Crippen LogP contribution in [-0.4, -0.2) is 53.2 Å². The molecule has 6 nitrogen and oxygen atoms in total. The second kappa shape index (κ2) is 6.23. The lowest BCUT2D eigenvalue weighted by Gasteiger charge is -2.23. The van der Waals surface area contributed by atoms with Gasteiger partial charge in [-0.2, -0.15) is 0 Å². The third-order valence-electron chi connectivity index (χ3n) is 4.17. The lowest BCUT2D eigenvalue weighted by Crippen LogP contribution is -2.49. The molecule has 2 fully saturated rings. The molecule has 0 bridgehead atoms. The van der Waals surface area contributed by atoms with E-state index in [0.29, 0.717) is 12.5 Å². The summed E-state index contributed by atoms with van der Waals surface area (Å²) in [5.74, 6) is -0.880. The van der Waals surface area contributed by atoms with Crippen LogP contribution in [0.3, 0.4) is 0 Å². The molecule has 0 aromatic rings. The minimum Gasteiger partial charge on any atom is -0.481 e. The Kier molecular flexibility index (Phi) is 4.63. The van der Waals surface area contributed by atoms with Crippen molar-refractivity contribution in [1.29, 1.82) is 0 Å². The van der Waals surface area contributed by atoms with Crippen molar-refractivity contribution in [3.8, 4) is 0 Å². The Hall–Kier alpha value is -1.30. The number of hydrogen-bond donors (Lipinski definition) is 3. The number of nitrogens with one attached hydrogen (secondary N) is 2. The maximum atomic E-state index is 11.9. The van der Waals surface area contributed by atoms with Gasteiger partial charge in [-0.25, -0.2) is 4.79 Å². The summed E-state index contributed by atoms with van der Waals surface area (Å²) in [5.41, 5.74) is 0. The fraction of sp³-hybridized carbons (Fsp3) is 0.846. The molecule has 6 heteroatoms. The average molecular weight is 269 g/mol. The Labute approximate surface area is 113 Å². The molecule has 0 radical (unpaired) electrons. The first-order chi connectivity index (χ1) is 9.10. The molecule has 0 aromatic heterocycles. The summed E-state index contributed by atoms with van der Waals surface area (Å²) >= 11 is 0. The van der Waals surface area contributed by atoms with Gasteiger partial charge in [-0.1, -0.05) is 6.92 Å². The third kappa shape index (κ3) is 3.59. The van der Waals surface area contributed by atoms with Crippen molar-refractivity contribution in [3.63, 3.8) is 0 Å². The quantitative estimate of drug-likeness (QED) is 0.689. The van der Waals surface area contributed by atoms with Gasteiger partial charge in [-0.05, 0) is 32.2 Å². The molecule has 2 aliphatic rings. The van der Waals surface area contributed by atoms with Crippen LogP contribution in [0.25, 0.3) is 0 Å². The van der Waals surface area contributed by atoms with Crippen LogP contribution in [0.5, 0.6) is 0 Å². The number of urea groups is 1. The van der Waals surface area contributed by atoms with Gasteiger partial charge in [0.05, 0.1) is 6.42 Å². The average Bonchev–Trinajstić information content (AvgIpc) is 2.92. The van der Waals surface area contributed by atoms with Crippen LogP contribution in [-0.2, 0) is 4.79 Å². The Morgan fingerprint density at radius 3 is 2.84 bits per heavy atom. The summed E-state index contributed by atoms with van der Waals surface area (Å²) in [6.07, 6.45) is 3.95. The molecular weight excluding hydrogens is 246 g/mol. The zero-order valence-corrected chi connectivity index (χ0v) is 11.4. The summed E-state index contributed by atoms with van der Waals surface area (Å²) in [5, 5.41) is 14.5. The molecule has 3 N–H and O–H groups in total. The van der Waals surface area contributed by atoms with Crippen molar-refractivity contribution in [2.75, 3.05) is 13.1 Å². The van der Waals surface area contributed by atoms with E-state index in [1.54, 1.807) is 0 Å². The predicted octanol–water partition coefficient (Wildman–Crippen LogP) is 0.776. The fourth-order valence-electron chi connectivity index (χ4n) is 3.15. The van der Waals surface area contributed by atoms with Crippen molar-refractivity contribution in [1.82, 2.24) is 15.5 Å². The van der Waals surface area contributed by atoms with Gasteiger partial charge >= 0.3 is 12.0 Å². The SMILES string of the molecule is CCC(CC(=O)O)NC(=O)NC1CCN2CCCC12. The van der Waals surface area contributed by atoms with E-state index in [4.69, 9.17) is 5.11 Å². The van der Waals surface area contributed by atoms with E-state index in [1.807, 2.05) is 6.92 Å². The first-order valence-corrected chi connectivity index (χ1v) is 7.13. The zero-order chi connectivity index (χ0) is 13.8. The molecule has 2 amide bonds. The molecule has 108 valence electrons. The van der Waals surface area contributed by atoms with Crippen molar-refractivity contribution < 1.29 is 14.7 Å². The van der Waals surface area contributed by atoms with Crippen LogP contribution in [0.4, 0.5) is 4.79 Å². The van der Waals surface area contributed by atoms with Crippen LogP contribution in [0.1, 0.15) is 39.0 Å². The number of carboxylic acids is 1. The number of carbonyl (C=O) groups excluding carboxylic acids is 1. The lowest BCUT2D eigenvalue weighted by atomic mass is 10.1. The Balaban J connectivity index is 1.79. The normalized spacial score (nSPS) is 27.8. The number of nitrogens with zero attached hydrogens (tertiary/aromatic N) is 1. The first-order valence-electron chi connectivity index (χ1n) is 7.13. The van der Waals surface area contributed by atoms with Gasteiger partial charge in [0, 0.05) is 24.7 Å². The number of carbonyl (C=O) groups is 2. The van der Waals surface area contributed by atoms with Gasteiger partial charge in [-0.15, -0.1) is 0 Å². The van der Waals surface area contributed by atoms with E-state index in [0.717, 1.165) is 25.9 Å². The minimum absolute atomic E-state index is 0.0237. The van der Waals surface area contributed by atoms with Gasteiger partial charge in [0.1, 0.15) is 0 Å². The van der Waals surface area contributed by atoms with Crippen LogP contribution >= 0.6 is 0 Å². The Bertz CT molecular complexity index is 348. The summed E-state index contributed by atoms with van der Waals surface area (Å²) in [6, 6.07) is 0.167. The molecule has 3 unspecified atom stereocenters. The van der Waals surface area contributed by atoms with Crippen molar-refractivity contribution in [2.24, 2.45) is 0 Å². The zero-order valence-electron chi connectivity index (χ0n) is 11.4. The monoisotopic (exact) mass is 269 g/mol. The second-order valence-electron chi connectivity index (χ2n) is 5.46. The number of aliphatic carboxylic acids is 1. The first kappa shape index (κ1) is 14.1. The van der Waals surface area contributed by atoms with E-state index in [1.165, 1.54) is 6.42 Å². The smallest absolute Gasteiger partial charge is 0.315 e. The molecule has 2 heterocycles. The molecule has 0 aliphatic carbocycles. The Morgan fingerprint density at radius 2 is 2.16 bits per heavy atom. The van der Waals surface area contributed by atoms with Gasteiger partial charge in [0.15, 0.2) is 0 Å². The number of hydrogen-bond acceptors (Lipinski definition) is 3. The number of amides is 2. The predicted molar refractivity (Wildman–Crippen MR) is 71.0 cm³/mol. The molecule has 0 saturated carbocycles. The van der Waals surface area contributed by atoms with Crippen LogP contribution in [0, 0.1) is 0 Å². The number of carboxylic acid groups (broad SMARTS) is 1. The molecular formula is C13H23N3O3. The van der Waals surface area contributed by atoms with E-state index < -0.39 is 5.97 Å². The summed E-state index contributed by atoms with van der Waals surface area (Å²) in [4.78, 5) is 25.0. The minimum atomic E-state index is -0.880. The van der Waals surface area contributed by atoms with Crippen LogP contribution < -0.4 is 10.6 Å². The molecule has 0 spiro atoms. The van der Waals surface area contributed by atoms with Crippen LogP contribution in [0.15, 0.2) is 0 Å². The maximum absolute atomic E-state index is 11.9. The van der Waals surface area contributed by atoms with Crippen molar-refractivity contribution in [2.45, 2.75) is 57.2 Å². The van der Waals surface area contributed by atoms with Gasteiger partial charge in [0.25, 0.3) is 0 Å². The van der Waals surface area contributed by atoms with Gasteiger partial charge in [-0.3, -0.25) is 9.69 Å². The highest BCUT2D eigenvalue weighted by molar-refractivity contribution is 5.76. The van der Waals surface area contributed by atoms with E-state index >= 15 is 0 Å². The van der Waals surface area contributed by atoms with Crippen molar-refractivity contribution >= 4 is 12.0 Å². The highest BCUT2D eigenvalue weighted by Crippen LogP contribution is 2.27. The van der Waals surface area contributed by atoms with Gasteiger partial charge < -0.3 is 15.7 Å². The Morgan fingerprint density at radius 1 is 1.37 bits per heavy atom. The topological polar surface area (TPSA) is 81.7 Å².